The van der Waals surface area contributed by atoms with Gasteiger partial charge in [-0.15, -0.1) is 11.3 Å². The van der Waals surface area contributed by atoms with Gasteiger partial charge in [0, 0.05) is 31.1 Å². The molecule has 1 aliphatic rings. The Balaban J connectivity index is 1.46. The number of para-hydroxylation sites is 2. The van der Waals surface area contributed by atoms with Gasteiger partial charge in [-0.2, -0.15) is 0 Å². The molecule has 5 rings (SSSR count). The molecule has 1 saturated carbocycles. The zero-order valence-corrected chi connectivity index (χ0v) is 19.5. The van der Waals surface area contributed by atoms with E-state index in [2.05, 4.69) is 9.88 Å². The van der Waals surface area contributed by atoms with Crippen molar-refractivity contribution in [1.82, 2.24) is 19.5 Å². The van der Waals surface area contributed by atoms with Crippen LogP contribution in [0, 0.1) is 13.8 Å². The molecule has 8 heteroatoms. The van der Waals surface area contributed by atoms with Crippen LogP contribution >= 0.6 is 11.3 Å². The number of hydrogen-bond donors (Lipinski definition) is 1. The molecule has 1 aromatic carbocycles. The second kappa shape index (κ2) is 8.60. The number of rotatable bonds is 8. The van der Waals surface area contributed by atoms with Gasteiger partial charge in [0.05, 0.1) is 21.6 Å². The highest BCUT2D eigenvalue weighted by Gasteiger charge is 2.28. The zero-order valence-electron chi connectivity index (χ0n) is 18.6. The predicted molar refractivity (Wildman–Crippen MR) is 128 cm³/mol. The summed E-state index contributed by atoms with van der Waals surface area (Å²) < 4.78 is 7.55. The lowest BCUT2D eigenvalue weighted by Crippen LogP contribution is -2.16. The van der Waals surface area contributed by atoms with Gasteiger partial charge in [0.15, 0.2) is 0 Å². The first-order valence-corrected chi connectivity index (χ1v) is 12.0. The summed E-state index contributed by atoms with van der Waals surface area (Å²) in [5.74, 6) is 1.80. The van der Waals surface area contributed by atoms with Crippen molar-refractivity contribution in [2.45, 2.75) is 52.5 Å². The number of thiophene rings is 1. The molecule has 166 valence electrons. The van der Waals surface area contributed by atoms with Gasteiger partial charge in [-0.1, -0.05) is 12.1 Å². The largest absolute Gasteiger partial charge is 0.382 e. The molecule has 0 aliphatic heterocycles. The van der Waals surface area contributed by atoms with Crippen LogP contribution < -0.4 is 5.32 Å². The van der Waals surface area contributed by atoms with Crippen molar-refractivity contribution in [1.29, 1.82) is 0 Å². The minimum atomic E-state index is -0.153. The van der Waals surface area contributed by atoms with Crippen molar-refractivity contribution in [2.75, 3.05) is 18.5 Å². The maximum atomic E-state index is 13.3. The number of amides is 1. The SMILES string of the molecule is CCOCCCn1c(NC(=O)c2sc3nc(C4CC4)nc(C)c3c2C)nc2ccccc21. The first-order chi connectivity index (χ1) is 15.6. The molecule has 3 heterocycles. The van der Waals surface area contributed by atoms with Crippen LogP contribution in [0.1, 0.15) is 58.9 Å². The van der Waals surface area contributed by atoms with Crippen LogP contribution in [0.3, 0.4) is 0 Å². The quantitative estimate of drug-likeness (QED) is 0.373. The topological polar surface area (TPSA) is 81.9 Å². The minimum Gasteiger partial charge on any atom is -0.382 e. The number of benzene rings is 1. The number of ether oxygens (including phenoxy) is 1. The Labute approximate surface area is 190 Å². The third-order valence-electron chi connectivity index (χ3n) is 5.89. The lowest BCUT2D eigenvalue weighted by Gasteiger charge is -2.10. The fourth-order valence-electron chi connectivity index (χ4n) is 4.13. The molecule has 0 bridgehead atoms. The fourth-order valence-corrected chi connectivity index (χ4v) is 5.26. The molecule has 1 fully saturated rings. The Bertz CT molecular complexity index is 1300. The van der Waals surface area contributed by atoms with E-state index in [1.807, 2.05) is 45.0 Å². The number of aryl methyl sites for hydroxylation is 3. The average molecular weight is 450 g/mol. The van der Waals surface area contributed by atoms with Crippen molar-refractivity contribution in [3.8, 4) is 0 Å². The van der Waals surface area contributed by atoms with Gasteiger partial charge >= 0.3 is 0 Å². The van der Waals surface area contributed by atoms with Gasteiger partial charge in [0.25, 0.3) is 5.91 Å². The lowest BCUT2D eigenvalue weighted by atomic mass is 10.1. The molecule has 1 aliphatic carbocycles. The van der Waals surface area contributed by atoms with Crippen LogP contribution in [0.4, 0.5) is 5.95 Å². The number of anilines is 1. The molecule has 7 nitrogen and oxygen atoms in total. The lowest BCUT2D eigenvalue weighted by molar-refractivity contribution is 0.102. The van der Waals surface area contributed by atoms with Crippen molar-refractivity contribution >= 4 is 44.4 Å². The summed E-state index contributed by atoms with van der Waals surface area (Å²) in [6.07, 6.45) is 3.15. The standard InChI is InChI=1S/C24H27N5O2S/c1-4-31-13-7-12-29-18-9-6-5-8-17(18)26-24(29)28-22(30)20-14(2)19-15(3)25-21(16-10-11-16)27-23(19)32-20/h5-6,8-9,16H,4,7,10-13H2,1-3H3,(H,26,28,30). The molecule has 0 spiro atoms. The number of carbonyl (C=O) groups excluding carboxylic acids is 1. The van der Waals surface area contributed by atoms with E-state index < -0.39 is 0 Å². The molecule has 0 atom stereocenters. The van der Waals surface area contributed by atoms with E-state index in [-0.39, 0.29) is 5.91 Å². The Hall–Kier alpha value is -2.84. The molecular weight excluding hydrogens is 422 g/mol. The van der Waals surface area contributed by atoms with Gasteiger partial charge in [0.1, 0.15) is 10.7 Å². The summed E-state index contributed by atoms with van der Waals surface area (Å²) in [6.45, 7) is 8.07. The molecule has 4 aromatic rings. The highest BCUT2D eigenvalue weighted by atomic mass is 32.1. The molecule has 1 amide bonds. The summed E-state index contributed by atoms with van der Waals surface area (Å²) in [5, 5.41) is 4.06. The van der Waals surface area contributed by atoms with Crippen LogP contribution in [0.15, 0.2) is 24.3 Å². The van der Waals surface area contributed by atoms with E-state index >= 15 is 0 Å². The van der Waals surface area contributed by atoms with Gasteiger partial charge in [-0.05, 0) is 57.7 Å². The smallest absolute Gasteiger partial charge is 0.268 e. The van der Waals surface area contributed by atoms with Crippen LogP contribution in [-0.2, 0) is 11.3 Å². The second-order valence-electron chi connectivity index (χ2n) is 8.26. The number of fused-ring (bicyclic) bond motifs is 2. The number of aromatic nitrogens is 4. The minimum absolute atomic E-state index is 0.153. The summed E-state index contributed by atoms with van der Waals surface area (Å²) >= 11 is 1.44. The summed E-state index contributed by atoms with van der Waals surface area (Å²) in [7, 11) is 0. The van der Waals surface area contributed by atoms with E-state index in [1.54, 1.807) is 0 Å². The summed E-state index contributed by atoms with van der Waals surface area (Å²) in [5.41, 5.74) is 3.75. The fraction of sp³-hybridized carbons (Fsp3) is 0.417. The maximum Gasteiger partial charge on any atom is 0.268 e. The Morgan fingerprint density at radius 1 is 1.22 bits per heavy atom. The Kier molecular flexibility index (Phi) is 5.65. The molecule has 0 saturated heterocycles. The number of carbonyl (C=O) groups is 1. The number of nitrogens with zero attached hydrogens (tertiary/aromatic N) is 4. The molecular formula is C24H27N5O2S. The van der Waals surface area contributed by atoms with Crippen LogP contribution in [-0.4, -0.2) is 38.6 Å². The zero-order chi connectivity index (χ0) is 22.2. The first kappa shape index (κ1) is 21.0. The van der Waals surface area contributed by atoms with Crippen molar-refractivity contribution in [3.63, 3.8) is 0 Å². The van der Waals surface area contributed by atoms with Gasteiger partial charge < -0.3 is 9.30 Å². The average Bonchev–Trinajstić information content (AvgIpc) is 3.50. The van der Waals surface area contributed by atoms with Crippen molar-refractivity contribution in [3.05, 3.63) is 46.2 Å². The number of imidazole rings is 1. The third kappa shape index (κ3) is 3.89. The second-order valence-corrected chi connectivity index (χ2v) is 9.26. The van der Waals surface area contributed by atoms with E-state index in [9.17, 15) is 4.79 Å². The Morgan fingerprint density at radius 2 is 2.03 bits per heavy atom. The molecule has 0 radical (unpaired) electrons. The Morgan fingerprint density at radius 3 is 2.81 bits per heavy atom. The van der Waals surface area contributed by atoms with E-state index in [1.165, 1.54) is 11.3 Å². The van der Waals surface area contributed by atoms with Gasteiger partial charge in [0.2, 0.25) is 5.95 Å². The predicted octanol–water partition coefficient (Wildman–Crippen LogP) is 5.21. The molecule has 0 unspecified atom stereocenters. The van der Waals surface area contributed by atoms with Crippen molar-refractivity contribution < 1.29 is 9.53 Å². The molecule has 1 N–H and O–H groups in total. The number of nitrogens with one attached hydrogen (secondary N) is 1. The highest BCUT2D eigenvalue weighted by Crippen LogP contribution is 2.40. The van der Waals surface area contributed by atoms with Crippen molar-refractivity contribution in [2.24, 2.45) is 0 Å². The third-order valence-corrected chi connectivity index (χ3v) is 7.08. The van der Waals surface area contributed by atoms with Gasteiger partial charge in [-0.25, -0.2) is 15.0 Å². The highest BCUT2D eigenvalue weighted by molar-refractivity contribution is 7.20. The molecule has 3 aromatic heterocycles. The summed E-state index contributed by atoms with van der Waals surface area (Å²) in [6, 6.07) is 7.94. The number of hydrogen-bond acceptors (Lipinski definition) is 6. The maximum absolute atomic E-state index is 13.3. The van der Waals surface area contributed by atoms with E-state index in [0.717, 1.165) is 64.1 Å². The van der Waals surface area contributed by atoms with Gasteiger partial charge in [-0.3, -0.25) is 10.1 Å². The first-order valence-electron chi connectivity index (χ1n) is 11.2. The monoisotopic (exact) mass is 449 g/mol. The van der Waals surface area contributed by atoms with Crippen LogP contribution in [0.2, 0.25) is 0 Å². The summed E-state index contributed by atoms with van der Waals surface area (Å²) in [4.78, 5) is 29.1. The normalized spacial score (nSPS) is 13.8. The molecule has 32 heavy (non-hydrogen) atoms. The van der Waals surface area contributed by atoms with E-state index in [0.29, 0.717) is 30.0 Å². The van der Waals surface area contributed by atoms with Crippen LogP contribution in [0.5, 0.6) is 0 Å². The van der Waals surface area contributed by atoms with Crippen LogP contribution in [0.25, 0.3) is 21.3 Å². The van der Waals surface area contributed by atoms with E-state index in [4.69, 9.17) is 19.7 Å².